The molecule has 114 valence electrons. The van der Waals surface area contributed by atoms with Crippen molar-refractivity contribution in [2.45, 2.75) is 6.61 Å². The fraction of sp³-hybridized carbons (Fsp3) is 0.0500. The van der Waals surface area contributed by atoms with Gasteiger partial charge < -0.3 is 10.5 Å². The van der Waals surface area contributed by atoms with Crippen LogP contribution in [0.3, 0.4) is 0 Å². The van der Waals surface area contributed by atoms with Crippen LogP contribution in [0.5, 0.6) is 5.75 Å². The summed E-state index contributed by atoms with van der Waals surface area (Å²) >= 11 is 0. The first-order valence-electron chi connectivity index (χ1n) is 7.39. The fourth-order valence-electron chi connectivity index (χ4n) is 2.47. The Morgan fingerprint density at radius 2 is 1.78 bits per heavy atom. The van der Waals surface area contributed by atoms with E-state index in [1.165, 1.54) is 16.8 Å². The molecule has 0 spiro atoms. The van der Waals surface area contributed by atoms with Crippen molar-refractivity contribution < 1.29 is 9.53 Å². The Hall–Kier alpha value is -3.07. The molecule has 3 aromatic rings. The van der Waals surface area contributed by atoms with E-state index >= 15 is 0 Å². The molecule has 0 radical (unpaired) electrons. The van der Waals surface area contributed by atoms with Gasteiger partial charge >= 0.3 is 0 Å². The lowest BCUT2D eigenvalue weighted by Gasteiger charge is -2.09. The summed E-state index contributed by atoms with van der Waals surface area (Å²) in [4.78, 5) is 10.8. The van der Waals surface area contributed by atoms with Crippen molar-refractivity contribution in [3.63, 3.8) is 0 Å². The second kappa shape index (κ2) is 6.79. The number of rotatable bonds is 5. The maximum absolute atomic E-state index is 10.8. The third-order valence-electron chi connectivity index (χ3n) is 3.57. The zero-order valence-corrected chi connectivity index (χ0v) is 12.6. The van der Waals surface area contributed by atoms with E-state index in [-0.39, 0.29) is 0 Å². The largest absolute Gasteiger partial charge is 0.489 e. The van der Waals surface area contributed by atoms with Crippen molar-refractivity contribution in [1.29, 1.82) is 0 Å². The van der Waals surface area contributed by atoms with Gasteiger partial charge in [0, 0.05) is 6.08 Å². The standard InChI is InChI=1S/C20H17NO2/c21-20(22)12-11-15-5-3-9-18(13-15)23-14-17-8-4-7-16-6-1-2-10-19(16)17/h1-13H,14H2,(H2,21,22). The van der Waals surface area contributed by atoms with Crippen LogP contribution in [0.4, 0.5) is 0 Å². The molecule has 0 saturated carbocycles. The molecule has 0 bridgehead atoms. The SMILES string of the molecule is NC(=O)C=Cc1cccc(OCc2cccc3ccccc23)c1. The van der Waals surface area contributed by atoms with Gasteiger partial charge in [0.25, 0.3) is 0 Å². The molecular weight excluding hydrogens is 286 g/mol. The molecule has 3 aromatic carbocycles. The highest BCUT2D eigenvalue weighted by atomic mass is 16.5. The molecule has 0 fully saturated rings. The second-order valence-electron chi connectivity index (χ2n) is 5.24. The molecule has 3 nitrogen and oxygen atoms in total. The third kappa shape index (κ3) is 3.77. The number of primary amides is 1. The number of ether oxygens (including phenoxy) is 1. The number of hydrogen-bond donors (Lipinski definition) is 1. The molecular formula is C20H17NO2. The predicted octanol–water partition coefficient (Wildman–Crippen LogP) is 3.92. The Balaban J connectivity index is 1.77. The molecule has 0 unspecified atom stereocenters. The summed E-state index contributed by atoms with van der Waals surface area (Å²) in [6.07, 6.45) is 3.01. The number of carbonyl (C=O) groups excluding carboxylic acids is 1. The molecule has 3 rings (SSSR count). The number of amides is 1. The van der Waals surface area contributed by atoms with E-state index in [4.69, 9.17) is 10.5 Å². The van der Waals surface area contributed by atoms with E-state index < -0.39 is 5.91 Å². The van der Waals surface area contributed by atoms with Crippen molar-refractivity contribution in [3.8, 4) is 5.75 Å². The van der Waals surface area contributed by atoms with Gasteiger partial charge in [-0.05, 0) is 40.1 Å². The fourth-order valence-corrected chi connectivity index (χ4v) is 2.47. The van der Waals surface area contributed by atoms with E-state index in [0.717, 1.165) is 16.9 Å². The van der Waals surface area contributed by atoms with Crippen LogP contribution in [0.1, 0.15) is 11.1 Å². The van der Waals surface area contributed by atoms with Crippen LogP contribution in [0, 0.1) is 0 Å². The molecule has 0 saturated heterocycles. The van der Waals surface area contributed by atoms with Gasteiger partial charge in [-0.15, -0.1) is 0 Å². The monoisotopic (exact) mass is 303 g/mol. The van der Waals surface area contributed by atoms with Crippen molar-refractivity contribution in [3.05, 3.63) is 83.9 Å². The predicted molar refractivity (Wildman–Crippen MR) is 93.0 cm³/mol. The highest BCUT2D eigenvalue weighted by Gasteiger charge is 2.02. The van der Waals surface area contributed by atoms with Crippen molar-refractivity contribution in [2.75, 3.05) is 0 Å². The van der Waals surface area contributed by atoms with Crippen LogP contribution in [0.25, 0.3) is 16.8 Å². The highest BCUT2D eigenvalue weighted by molar-refractivity contribution is 5.90. The minimum atomic E-state index is -0.466. The van der Waals surface area contributed by atoms with E-state index in [9.17, 15) is 4.79 Å². The molecule has 0 aliphatic rings. The Morgan fingerprint density at radius 3 is 2.65 bits per heavy atom. The van der Waals surface area contributed by atoms with E-state index in [0.29, 0.717) is 6.61 Å². The molecule has 3 heteroatoms. The summed E-state index contributed by atoms with van der Waals surface area (Å²) in [5.41, 5.74) is 7.12. The Kier molecular flexibility index (Phi) is 4.39. The first kappa shape index (κ1) is 14.9. The lowest BCUT2D eigenvalue weighted by molar-refractivity contribution is -0.113. The summed E-state index contributed by atoms with van der Waals surface area (Å²) in [6, 6.07) is 22.0. The number of hydrogen-bond acceptors (Lipinski definition) is 2. The van der Waals surface area contributed by atoms with E-state index in [1.807, 2.05) is 42.5 Å². The molecule has 0 aliphatic heterocycles. The summed E-state index contributed by atoms with van der Waals surface area (Å²) in [5, 5.41) is 2.39. The quantitative estimate of drug-likeness (QED) is 0.726. The number of benzene rings is 3. The Labute approximate surface area is 135 Å². The average molecular weight is 303 g/mol. The minimum absolute atomic E-state index is 0.466. The Morgan fingerprint density at radius 1 is 1.00 bits per heavy atom. The first-order valence-corrected chi connectivity index (χ1v) is 7.39. The van der Waals surface area contributed by atoms with Crippen molar-refractivity contribution >= 4 is 22.8 Å². The van der Waals surface area contributed by atoms with E-state index in [1.54, 1.807) is 6.08 Å². The summed E-state index contributed by atoms with van der Waals surface area (Å²) < 4.78 is 5.90. The van der Waals surface area contributed by atoms with Gasteiger partial charge in [-0.3, -0.25) is 4.79 Å². The minimum Gasteiger partial charge on any atom is -0.489 e. The van der Waals surface area contributed by atoms with Gasteiger partial charge in [0.2, 0.25) is 5.91 Å². The molecule has 0 aromatic heterocycles. The maximum atomic E-state index is 10.8. The van der Waals surface area contributed by atoms with Gasteiger partial charge in [0.15, 0.2) is 0 Å². The van der Waals surface area contributed by atoms with Crippen molar-refractivity contribution in [2.24, 2.45) is 5.73 Å². The lowest BCUT2D eigenvalue weighted by Crippen LogP contribution is -2.05. The van der Waals surface area contributed by atoms with Crippen LogP contribution in [-0.2, 0) is 11.4 Å². The second-order valence-corrected chi connectivity index (χ2v) is 5.24. The van der Waals surface area contributed by atoms with Gasteiger partial charge in [0.1, 0.15) is 12.4 Å². The molecule has 0 aliphatic carbocycles. The van der Waals surface area contributed by atoms with E-state index in [2.05, 4.69) is 24.3 Å². The zero-order valence-electron chi connectivity index (χ0n) is 12.6. The average Bonchev–Trinajstić information content (AvgIpc) is 2.58. The highest BCUT2D eigenvalue weighted by Crippen LogP contribution is 2.21. The van der Waals surface area contributed by atoms with Crippen LogP contribution in [0.15, 0.2) is 72.8 Å². The van der Waals surface area contributed by atoms with Crippen LogP contribution in [-0.4, -0.2) is 5.91 Å². The summed E-state index contributed by atoms with van der Waals surface area (Å²) in [5.74, 6) is 0.289. The van der Waals surface area contributed by atoms with Crippen LogP contribution < -0.4 is 10.5 Å². The van der Waals surface area contributed by atoms with Crippen LogP contribution >= 0.6 is 0 Å². The molecule has 2 N–H and O–H groups in total. The van der Waals surface area contributed by atoms with Gasteiger partial charge in [0.05, 0.1) is 0 Å². The molecule has 1 amide bonds. The van der Waals surface area contributed by atoms with Gasteiger partial charge in [-0.1, -0.05) is 54.6 Å². The van der Waals surface area contributed by atoms with Crippen LogP contribution in [0.2, 0.25) is 0 Å². The number of nitrogens with two attached hydrogens (primary N) is 1. The third-order valence-corrected chi connectivity index (χ3v) is 3.57. The smallest absolute Gasteiger partial charge is 0.241 e. The topological polar surface area (TPSA) is 52.3 Å². The number of fused-ring (bicyclic) bond motifs is 1. The van der Waals surface area contributed by atoms with Gasteiger partial charge in [-0.2, -0.15) is 0 Å². The van der Waals surface area contributed by atoms with Gasteiger partial charge in [-0.25, -0.2) is 0 Å². The lowest BCUT2D eigenvalue weighted by atomic mass is 10.1. The van der Waals surface area contributed by atoms with Crippen molar-refractivity contribution in [1.82, 2.24) is 0 Å². The molecule has 23 heavy (non-hydrogen) atoms. The first-order chi connectivity index (χ1) is 11.2. The maximum Gasteiger partial charge on any atom is 0.241 e. The normalized spacial score (nSPS) is 11.0. The zero-order chi connectivity index (χ0) is 16.1. The summed E-state index contributed by atoms with van der Waals surface area (Å²) in [6.45, 7) is 0.490. The molecule has 0 atom stereocenters. The number of carbonyl (C=O) groups is 1. The Bertz CT molecular complexity index is 863. The molecule has 0 heterocycles. The summed E-state index contributed by atoms with van der Waals surface area (Å²) in [7, 11) is 0.